The molecule has 28 heavy (non-hydrogen) atoms. The van der Waals surface area contributed by atoms with Crippen molar-refractivity contribution in [2.24, 2.45) is 5.92 Å². The van der Waals surface area contributed by atoms with Crippen molar-refractivity contribution in [1.82, 2.24) is 0 Å². The van der Waals surface area contributed by atoms with Gasteiger partial charge in [0.25, 0.3) is 0 Å². The average molecular weight is 396 g/mol. The lowest BCUT2D eigenvalue weighted by Crippen LogP contribution is -2.21. The van der Waals surface area contributed by atoms with Gasteiger partial charge >= 0.3 is 12.1 Å². The van der Waals surface area contributed by atoms with Gasteiger partial charge in [-0.05, 0) is 53.3 Å². The van der Waals surface area contributed by atoms with Crippen LogP contribution in [0.1, 0.15) is 37.2 Å². The molecule has 1 aliphatic rings. The SMILES string of the molecule is O=C(O)C(CC1CCC1)c1cc(OCC(F)(F)F)cc(-c2ccc(F)cc2)c1. The van der Waals surface area contributed by atoms with Crippen molar-refractivity contribution in [3.63, 3.8) is 0 Å². The maximum Gasteiger partial charge on any atom is 0.422 e. The minimum Gasteiger partial charge on any atom is -0.484 e. The van der Waals surface area contributed by atoms with E-state index in [1.54, 1.807) is 6.07 Å². The number of hydrogen-bond donors (Lipinski definition) is 1. The van der Waals surface area contributed by atoms with Crippen LogP contribution in [0.25, 0.3) is 11.1 Å². The van der Waals surface area contributed by atoms with Crippen molar-refractivity contribution < 1.29 is 32.2 Å². The zero-order chi connectivity index (χ0) is 20.3. The summed E-state index contributed by atoms with van der Waals surface area (Å²) in [6.07, 6.45) is -1.10. The number of rotatable bonds is 7. The Morgan fingerprint density at radius 1 is 1.11 bits per heavy atom. The van der Waals surface area contributed by atoms with Crippen molar-refractivity contribution in [2.45, 2.75) is 37.8 Å². The number of aliphatic carboxylic acids is 1. The van der Waals surface area contributed by atoms with Gasteiger partial charge in [-0.1, -0.05) is 37.5 Å². The predicted molar refractivity (Wildman–Crippen MR) is 95.7 cm³/mol. The zero-order valence-electron chi connectivity index (χ0n) is 15.0. The lowest BCUT2D eigenvalue weighted by molar-refractivity contribution is -0.153. The van der Waals surface area contributed by atoms with Crippen LogP contribution in [0.4, 0.5) is 17.6 Å². The molecular formula is C21H20F4O3. The van der Waals surface area contributed by atoms with Gasteiger partial charge in [-0.15, -0.1) is 0 Å². The first-order valence-electron chi connectivity index (χ1n) is 9.04. The summed E-state index contributed by atoms with van der Waals surface area (Å²) in [6, 6.07) is 9.85. The van der Waals surface area contributed by atoms with E-state index in [4.69, 9.17) is 4.74 Å². The Kier molecular flexibility index (Phi) is 5.91. The Morgan fingerprint density at radius 3 is 2.32 bits per heavy atom. The van der Waals surface area contributed by atoms with Gasteiger partial charge in [0.15, 0.2) is 6.61 Å². The molecule has 0 bridgehead atoms. The fourth-order valence-electron chi connectivity index (χ4n) is 3.32. The average Bonchev–Trinajstić information content (AvgIpc) is 2.58. The van der Waals surface area contributed by atoms with Crippen LogP contribution in [0, 0.1) is 11.7 Å². The number of ether oxygens (including phenoxy) is 1. The first-order chi connectivity index (χ1) is 13.2. The second-order valence-electron chi connectivity index (χ2n) is 7.12. The van der Waals surface area contributed by atoms with Gasteiger partial charge in [0, 0.05) is 0 Å². The van der Waals surface area contributed by atoms with Gasteiger partial charge in [0.1, 0.15) is 11.6 Å². The summed E-state index contributed by atoms with van der Waals surface area (Å²) in [4.78, 5) is 11.8. The predicted octanol–water partition coefficient (Wildman–Crippen LogP) is 5.79. The molecule has 1 unspecified atom stereocenters. The van der Waals surface area contributed by atoms with E-state index in [-0.39, 0.29) is 5.75 Å². The zero-order valence-corrected chi connectivity index (χ0v) is 15.0. The number of carboxylic acids is 1. The highest BCUT2D eigenvalue weighted by molar-refractivity contribution is 5.78. The molecule has 150 valence electrons. The Balaban J connectivity index is 1.97. The molecule has 1 fully saturated rings. The maximum absolute atomic E-state index is 13.2. The van der Waals surface area contributed by atoms with Crippen LogP contribution in [0.15, 0.2) is 42.5 Å². The molecule has 0 aromatic heterocycles. The first-order valence-corrected chi connectivity index (χ1v) is 9.04. The minimum absolute atomic E-state index is 0.0611. The second-order valence-corrected chi connectivity index (χ2v) is 7.12. The Bertz CT molecular complexity index is 827. The van der Waals surface area contributed by atoms with Crippen molar-refractivity contribution in [3.8, 4) is 16.9 Å². The molecule has 7 heteroatoms. The van der Waals surface area contributed by atoms with E-state index < -0.39 is 30.5 Å². The molecule has 0 spiro atoms. The van der Waals surface area contributed by atoms with Gasteiger partial charge in [-0.3, -0.25) is 4.79 Å². The molecule has 0 radical (unpaired) electrons. The van der Waals surface area contributed by atoms with Crippen LogP contribution in [0.5, 0.6) is 5.75 Å². The summed E-state index contributed by atoms with van der Waals surface area (Å²) in [5, 5.41) is 9.67. The highest BCUT2D eigenvalue weighted by Gasteiger charge is 2.30. The van der Waals surface area contributed by atoms with E-state index in [0.29, 0.717) is 29.0 Å². The first kappa shape index (κ1) is 20.2. The summed E-state index contributed by atoms with van der Waals surface area (Å²) >= 11 is 0. The molecule has 1 aliphatic carbocycles. The lowest BCUT2D eigenvalue weighted by Gasteiger charge is -2.28. The number of alkyl halides is 3. The van der Waals surface area contributed by atoms with Gasteiger partial charge in [-0.25, -0.2) is 4.39 Å². The molecule has 0 heterocycles. The van der Waals surface area contributed by atoms with Gasteiger partial charge in [-0.2, -0.15) is 13.2 Å². The van der Waals surface area contributed by atoms with E-state index in [1.165, 1.54) is 36.4 Å². The van der Waals surface area contributed by atoms with Crippen molar-refractivity contribution in [2.75, 3.05) is 6.61 Å². The van der Waals surface area contributed by atoms with E-state index in [0.717, 1.165) is 19.3 Å². The molecule has 0 amide bonds. The molecular weight excluding hydrogens is 376 g/mol. The minimum atomic E-state index is -4.51. The number of carboxylic acid groups (broad SMARTS) is 1. The van der Waals surface area contributed by atoms with Crippen LogP contribution in [0.2, 0.25) is 0 Å². The third-order valence-corrected chi connectivity index (χ3v) is 5.00. The third-order valence-electron chi connectivity index (χ3n) is 5.00. The van der Waals surface area contributed by atoms with Gasteiger partial charge in [0.2, 0.25) is 0 Å². The fourth-order valence-corrected chi connectivity index (χ4v) is 3.32. The summed E-state index contributed by atoms with van der Waals surface area (Å²) in [6.45, 7) is -1.47. The van der Waals surface area contributed by atoms with Crippen LogP contribution in [-0.4, -0.2) is 23.9 Å². The molecule has 0 aliphatic heterocycles. The molecule has 1 atom stereocenters. The van der Waals surface area contributed by atoms with E-state index in [9.17, 15) is 27.5 Å². The maximum atomic E-state index is 13.2. The lowest BCUT2D eigenvalue weighted by atomic mass is 9.77. The van der Waals surface area contributed by atoms with Crippen molar-refractivity contribution in [1.29, 1.82) is 0 Å². The van der Waals surface area contributed by atoms with Crippen LogP contribution in [0.3, 0.4) is 0 Å². The normalized spacial score (nSPS) is 15.7. The number of halogens is 4. The topological polar surface area (TPSA) is 46.5 Å². The number of hydrogen-bond acceptors (Lipinski definition) is 2. The van der Waals surface area contributed by atoms with E-state index >= 15 is 0 Å². The van der Waals surface area contributed by atoms with Crippen LogP contribution in [-0.2, 0) is 4.79 Å². The molecule has 2 aromatic carbocycles. The molecule has 0 saturated heterocycles. The molecule has 1 saturated carbocycles. The Hall–Kier alpha value is -2.57. The van der Waals surface area contributed by atoms with Crippen molar-refractivity contribution >= 4 is 5.97 Å². The Morgan fingerprint density at radius 2 is 1.79 bits per heavy atom. The standard InChI is InChI=1S/C21H20F4O3/c22-17-6-4-14(5-7-17)15-9-16(11-18(10-15)28-12-21(23,24)25)19(20(26)27)8-13-2-1-3-13/h4-7,9-11,13,19H,1-3,8,12H2,(H,26,27). The molecule has 2 aromatic rings. The molecule has 1 N–H and O–H groups in total. The second kappa shape index (κ2) is 8.20. The van der Waals surface area contributed by atoms with Gasteiger partial charge < -0.3 is 9.84 Å². The smallest absolute Gasteiger partial charge is 0.422 e. The molecule has 3 nitrogen and oxygen atoms in total. The van der Waals surface area contributed by atoms with Gasteiger partial charge in [0.05, 0.1) is 5.92 Å². The van der Waals surface area contributed by atoms with E-state index in [2.05, 4.69) is 0 Å². The summed E-state index contributed by atoms with van der Waals surface area (Å²) in [7, 11) is 0. The largest absolute Gasteiger partial charge is 0.484 e. The summed E-state index contributed by atoms with van der Waals surface area (Å²) < 4.78 is 55.8. The summed E-state index contributed by atoms with van der Waals surface area (Å²) in [5.41, 5.74) is 1.43. The monoisotopic (exact) mass is 396 g/mol. The fraction of sp³-hybridized carbons (Fsp3) is 0.381. The highest BCUT2D eigenvalue weighted by atomic mass is 19.4. The summed E-state index contributed by atoms with van der Waals surface area (Å²) in [5.74, 6) is -2.06. The quantitative estimate of drug-likeness (QED) is 0.603. The number of carbonyl (C=O) groups is 1. The van der Waals surface area contributed by atoms with Crippen LogP contribution >= 0.6 is 0 Å². The highest BCUT2D eigenvalue weighted by Crippen LogP contribution is 2.38. The Labute approximate surface area is 159 Å². The van der Waals surface area contributed by atoms with Crippen LogP contribution < -0.4 is 4.74 Å². The molecule has 3 rings (SSSR count). The van der Waals surface area contributed by atoms with Crippen molar-refractivity contribution in [3.05, 3.63) is 53.8 Å². The van der Waals surface area contributed by atoms with E-state index in [1.807, 2.05) is 0 Å². The number of benzene rings is 2. The third kappa shape index (κ3) is 5.24.